The summed E-state index contributed by atoms with van der Waals surface area (Å²) in [5.74, 6) is 0.797. The Labute approximate surface area is 211 Å². The Hall–Kier alpha value is -4.03. The summed E-state index contributed by atoms with van der Waals surface area (Å²) < 4.78 is 0. The number of hydrogen-bond donors (Lipinski definition) is 4. The van der Waals surface area contributed by atoms with Gasteiger partial charge in [-0.2, -0.15) is 5.10 Å². The van der Waals surface area contributed by atoms with E-state index in [0.29, 0.717) is 6.04 Å². The van der Waals surface area contributed by atoms with Crippen molar-refractivity contribution in [2.75, 3.05) is 30.8 Å². The van der Waals surface area contributed by atoms with E-state index in [1.807, 2.05) is 0 Å². The summed E-state index contributed by atoms with van der Waals surface area (Å²) in [5, 5.41) is 16.2. The minimum absolute atomic E-state index is 0.551. The van der Waals surface area contributed by atoms with E-state index in [1.54, 1.807) is 0 Å². The fourth-order valence-corrected chi connectivity index (χ4v) is 5.11. The maximum Gasteiger partial charge on any atom is 0.152 e. The summed E-state index contributed by atoms with van der Waals surface area (Å²) in [6, 6.07) is 30.2. The van der Waals surface area contributed by atoms with Gasteiger partial charge in [-0.05, 0) is 74.4 Å². The molecule has 0 atom stereocenters. The molecule has 0 unspecified atom stereocenters. The zero-order valence-electron chi connectivity index (χ0n) is 20.6. The van der Waals surface area contributed by atoms with Gasteiger partial charge < -0.3 is 20.5 Å². The van der Waals surface area contributed by atoms with Gasteiger partial charge in [0.2, 0.25) is 0 Å². The van der Waals surface area contributed by atoms with Crippen LogP contribution in [0.4, 0.5) is 17.2 Å². The molecule has 1 aliphatic rings. The van der Waals surface area contributed by atoms with Crippen molar-refractivity contribution in [1.29, 1.82) is 0 Å². The molecule has 0 amide bonds. The molecular weight excluding hydrogens is 444 g/mol. The number of piperidine rings is 1. The maximum atomic E-state index is 4.55. The Balaban J connectivity index is 1.19. The van der Waals surface area contributed by atoms with Crippen LogP contribution in [0, 0.1) is 0 Å². The highest BCUT2D eigenvalue weighted by Gasteiger charge is 2.17. The molecule has 36 heavy (non-hydrogen) atoms. The molecule has 6 rings (SSSR count). The third kappa shape index (κ3) is 4.86. The maximum absolute atomic E-state index is 4.55. The number of nitrogens with zero attached hydrogens (tertiary/aromatic N) is 2. The first-order chi connectivity index (χ1) is 17.7. The van der Waals surface area contributed by atoms with Crippen LogP contribution in [-0.4, -0.2) is 46.3 Å². The van der Waals surface area contributed by atoms with E-state index in [2.05, 4.69) is 123 Å². The van der Waals surface area contributed by atoms with E-state index in [-0.39, 0.29) is 0 Å². The van der Waals surface area contributed by atoms with Gasteiger partial charge in [-0.3, -0.25) is 5.10 Å². The standard InChI is InChI=1S/C30H32N6/c1-36-17-15-24(16-18-36)31-22-11-13-23(14-12-22)32-29-20-28(34-35-29)30-26(19-21-7-3-2-4-8-21)25-9-5-6-10-27(25)33-30/h2-14,20,24,31,33H,15-19H2,1H3,(H2,32,34,35). The first-order valence-electron chi connectivity index (χ1n) is 12.7. The molecule has 0 spiro atoms. The molecule has 0 aliphatic carbocycles. The van der Waals surface area contributed by atoms with E-state index in [9.17, 15) is 0 Å². The molecule has 1 saturated heterocycles. The van der Waals surface area contributed by atoms with Gasteiger partial charge in [-0.1, -0.05) is 48.5 Å². The number of anilines is 3. The number of benzene rings is 3. The molecule has 182 valence electrons. The molecular formula is C30H32N6. The van der Waals surface area contributed by atoms with Gasteiger partial charge >= 0.3 is 0 Å². The van der Waals surface area contributed by atoms with E-state index in [4.69, 9.17) is 0 Å². The lowest BCUT2D eigenvalue weighted by Gasteiger charge is -2.30. The van der Waals surface area contributed by atoms with Crippen molar-refractivity contribution in [1.82, 2.24) is 20.1 Å². The largest absolute Gasteiger partial charge is 0.382 e. The minimum Gasteiger partial charge on any atom is -0.382 e. The predicted molar refractivity (Wildman–Crippen MR) is 149 cm³/mol. The molecule has 6 nitrogen and oxygen atoms in total. The Morgan fingerprint density at radius 3 is 2.42 bits per heavy atom. The summed E-state index contributed by atoms with van der Waals surface area (Å²) in [4.78, 5) is 6.01. The average Bonchev–Trinajstić information content (AvgIpc) is 3.52. The second-order valence-electron chi connectivity index (χ2n) is 9.78. The first-order valence-corrected chi connectivity index (χ1v) is 12.7. The van der Waals surface area contributed by atoms with Crippen LogP contribution >= 0.6 is 0 Å². The second kappa shape index (κ2) is 9.91. The van der Waals surface area contributed by atoms with E-state index < -0.39 is 0 Å². The van der Waals surface area contributed by atoms with E-state index in [0.717, 1.165) is 47.9 Å². The molecule has 5 aromatic rings. The molecule has 3 aromatic carbocycles. The normalized spacial score (nSPS) is 14.8. The Kier molecular flexibility index (Phi) is 6.18. The van der Waals surface area contributed by atoms with Crippen LogP contribution in [0.25, 0.3) is 22.3 Å². The number of aromatic amines is 2. The van der Waals surface area contributed by atoms with Crippen molar-refractivity contribution in [3.05, 3.63) is 96.1 Å². The third-order valence-corrected chi connectivity index (χ3v) is 7.13. The Bertz CT molecular complexity index is 1430. The quantitative estimate of drug-likeness (QED) is 0.219. The van der Waals surface area contributed by atoms with Crippen LogP contribution < -0.4 is 10.6 Å². The highest BCUT2D eigenvalue weighted by Crippen LogP contribution is 2.32. The smallest absolute Gasteiger partial charge is 0.152 e. The Morgan fingerprint density at radius 1 is 0.889 bits per heavy atom. The van der Waals surface area contributed by atoms with Crippen molar-refractivity contribution in [2.45, 2.75) is 25.3 Å². The van der Waals surface area contributed by atoms with Crippen LogP contribution in [-0.2, 0) is 6.42 Å². The SMILES string of the molecule is CN1CCC(Nc2ccc(Nc3cc(-c4[nH]c5ccccc5c4Cc4ccccc4)[nH]n3)cc2)CC1. The number of hydrogen-bond acceptors (Lipinski definition) is 4. The molecule has 0 bridgehead atoms. The monoisotopic (exact) mass is 476 g/mol. The molecule has 2 aromatic heterocycles. The number of fused-ring (bicyclic) bond motifs is 1. The summed E-state index contributed by atoms with van der Waals surface area (Å²) in [5.41, 5.74) is 7.94. The van der Waals surface area contributed by atoms with Gasteiger partial charge in [0.1, 0.15) is 0 Å². The lowest BCUT2D eigenvalue weighted by atomic mass is 10.0. The number of para-hydroxylation sites is 1. The third-order valence-electron chi connectivity index (χ3n) is 7.13. The van der Waals surface area contributed by atoms with Gasteiger partial charge in [0.15, 0.2) is 5.82 Å². The van der Waals surface area contributed by atoms with Crippen molar-refractivity contribution in [3.8, 4) is 11.4 Å². The summed E-state index contributed by atoms with van der Waals surface area (Å²) in [7, 11) is 2.19. The number of nitrogens with one attached hydrogen (secondary N) is 4. The van der Waals surface area contributed by atoms with Crippen molar-refractivity contribution in [3.63, 3.8) is 0 Å². The van der Waals surface area contributed by atoms with Crippen LogP contribution in [0.3, 0.4) is 0 Å². The first kappa shape index (κ1) is 22.4. The van der Waals surface area contributed by atoms with Crippen LogP contribution in [0.15, 0.2) is 84.9 Å². The molecule has 4 N–H and O–H groups in total. The van der Waals surface area contributed by atoms with Crippen LogP contribution in [0.1, 0.15) is 24.0 Å². The summed E-state index contributed by atoms with van der Waals surface area (Å²) in [6.45, 7) is 2.31. The second-order valence-corrected chi connectivity index (χ2v) is 9.78. The predicted octanol–water partition coefficient (Wildman–Crippen LogP) is 6.40. The fraction of sp³-hybridized carbons (Fsp3) is 0.233. The molecule has 1 aliphatic heterocycles. The van der Waals surface area contributed by atoms with Crippen LogP contribution in [0.5, 0.6) is 0 Å². The minimum atomic E-state index is 0.551. The van der Waals surface area contributed by atoms with E-state index in [1.165, 1.54) is 35.0 Å². The Morgan fingerprint density at radius 2 is 1.61 bits per heavy atom. The summed E-state index contributed by atoms with van der Waals surface area (Å²) >= 11 is 0. The topological polar surface area (TPSA) is 71.8 Å². The lowest BCUT2D eigenvalue weighted by Crippen LogP contribution is -2.36. The number of likely N-dealkylation sites (tertiary alicyclic amines) is 1. The van der Waals surface area contributed by atoms with Gasteiger partial charge in [-0.15, -0.1) is 0 Å². The van der Waals surface area contributed by atoms with Gasteiger partial charge in [0.05, 0.1) is 11.4 Å². The van der Waals surface area contributed by atoms with Gasteiger partial charge in [-0.25, -0.2) is 0 Å². The molecule has 3 heterocycles. The molecule has 6 heteroatoms. The molecule has 0 saturated carbocycles. The zero-order chi connectivity index (χ0) is 24.3. The highest BCUT2D eigenvalue weighted by molar-refractivity contribution is 5.90. The highest BCUT2D eigenvalue weighted by atomic mass is 15.2. The van der Waals surface area contributed by atoms with Crippen molar-refractivity contribution < 1.29 is 0 Å². The number of aromatic nitrogens is 3. The molecule has 0 radical (unpaired) electrons. The van der Waals surface area contributed by atoms with Gasteiger partial charge in [0.25, 0.3) is 0 Å². The van der Waals surface area contributed by atoms with Crippen LogP contribution in [0.2, 0.25) is 0 Å². The van der Waals surface area contributed by atoms with Crippen molar-refractivity contribution >= 4 is 28.1 Å². The fourth-order valence-electron chi connectivity index (χ4n) is 5.11. The summed E-state index contributed by atoms with van der Waals surface area (Å²) in [6.07, 6.45) is 3.23. The van der Waals surface area contributed by atoms with Crippen molar-refractivity contribution in [2.24, 2.45) is 0 Å². The molecule has 1 fully saturated rings. The number of H-pyrrole nitrogens is 2. The zero-order valence-corrected chi connectivity index (χ0v) is 20.6. The van der Waals surface area contributed by atoms with Gasteiger partial charge in [0, 0.05) is 40.8 Å². The lowest BCUT2D eigenvalue weighted by molar-refractivity contribution is 0.264. The van der Waals surface area contributed by atoms with E-state index >= 15 is 0 Å². The number of rotatable bonds is 7. The average molecular weight is 477 g/mol.